The SMILES string of the molecule is COC(=O)C(C)Nc1nc2nc3cc(Br)ccc3n2[nH]1. The Hall–Kier alpha value is -2.09. The maximum Gasteiger partial charge on any atom is 0.328 e. The molecule has 3 aromatic rings. The quantitative estimate of drug-likeness (QED) is 0.713. The Morgan fingerprint density at radius 3 is 3.05 bits per heavy atom. The van der Waals surface area contributed by atoms with Gasteiger partial charge in [-0.15, -0.1) is 0 Å². The molecule has 0 amide bonds. The molecule has 0 aliphatic carbocycles. The number of aromatic nitrogens is 4. The summed E-state index contributed by atoms with van der Waals surface area (Å²) in [6.45, 7) is 1.70. The number of imidazole rings is 1. The summed E-state index contributed by atoms with van der Waals surface area (Å²) in [5.41, 5.74) is 1.75. The van der Waals surface area contributed by atoms with E-state index in [-0.39, 0.29) is 5.97 Å². The van der Waals surface area contributed by atoms with Crippen LogP contribution in [0.1, 0.15) is 6.92 Å². The van der Waals surface area contributed by atoms with Gasteiger partial charge in [-0.1, -0.05) is 15.9 Å². The van der Waals surface area contributed by atoms with Gasteiger partial charge in [-0.05, 0) is 25.1 Å². The van der Waals surface area contributed by atoms with Crippen molar-refractivity contribution < 1.29 is 9.53 Å². The summed E-state index contributed by atoms with van der Waals surface area (Å²) in [6, 6.07) is 5.30. The van der Waals surface area contributed by atoms with Crippen molar-refractivity contribution >= 4 is 44.7 Å². The second-order valence-corrected chi connectivity index (χ2v) is 5.26. The average molecular weight is 338 g/mol. The molecule has 1 aromatic carbocycles. The van der Waals surface area contributed by atoms with Gasteiger partial charge in [0, 0.05) is 4.47 Å². The van der Waals surface area contributed by atoms with Crippen LogP contribution in [0.5, 0.6) is 0 Å². The van der Waals surface area contributed by atoms with E-state index in [1.807, 2.05) is 18.2 Å². The van der Waals surface area contributed by atoms with Crippen LogP contribution in [0.4, 0.5) is 5.95 Å². The van der Waals surface area contributed by atoms with Gasteiger partial charge in [-0.3, -0.25) is 5.10 Å². The van der Waals surface area contributed by atoms with Gasteiger partial charge in [0.05, 0.1) is 18.1 Å². The molecule has 1 atom stereocenters. The summed E-state index contributed by atoms with van der Waals surface area (Å²) in [6.07, 6.45) is 0. The molecule has 0 radical (unpaired) electrons. The minimum Gasteiger partial charge on any atom is -0.467 e. The number of benzene rings is 1. The van der Waals surface area contributed by atoms with E-state index in [1.165, 1.54) is 7.11 Å². The number of nitrogens with zero attached hydrogens (tertiary/aromatic N) is 3. The molecule has 104 valence electrons. The van der Waals surface area contributed by atoms with E-state index in [0.29, 0.717) is 11.7 Å². The fraction of sp³-hybridized carbons (Fsp3) is 0.250. The Bertz CT molecular complexity index is 794. The highest BCUT2D eigenvalue weighted by Crippen LogP contribution is 2.20. The van der Waals surface area contributed by atoms with Crippen molar-refractivity contribution in [1.29, 1.82) is 0 Å². The maximum atomic E-state index is 11.4. The Morgan fingerprint density at radius 2 is 2.30 bits per heavy atom. The third kappa shape index (κ3) is 2.11. The number of halogens is 1. The fourth-order valence-corrected chi connectivity index (χ4v) is 2.31. The first kappa shape index (κ1) is 12.9. The lowest BCUT2D eigenvalue weighted by Crippen LogP contribution is -2.27. The lowest BCUT2D eigenvalue weighted by Gasteiger charge is -2.09. The van der Waals surface area contributed by atoms with Gasteiger partial charge >= 0.3 is 5.97 Å². The monoisotopic (exact) mass is 337 g/mol. The highest BCUT2D eigenvalue weighted by atomic mass is 79.9. The number of H-pyrrole nitrogens is 1. The van der Waals surface area contributed by atoms with Crippen LogP contribution in [0, 0.1) is 0 Å². The Balaban J connectivity index is 1.97. The van der Waals surface area contributed by atoms with Gasteiger partial charge in [0.2, 0.25) is 5.95 Å². The molecule has 2 N–H and O–H groups in total. The number of fused-ring (bicyclic) bond motifs is 3. The Labute approximate surface area is 122 Å². The number of carbonyl (C=O) groups is 1. The van der Waals surface area contributed by atoms with Crippen LogP contribution < -0.4 is 5.32 Å². The van der Waals surface area contributed by atoms with Gasteiger partial charge in [-0.2, -0.15) is 4.98 Å². The van der Waals surface area contributed by atoms with Crippen LogP contribution in [0.2, 0.25) is 0 Å². The summed E-state index contributed by atoms with van der Waals surface area (Å²) in [5, 5.41) is 5.99. The molecule has 2 heterocycles. The number of hydrogen-bond donors (Lipinski definition) is 2. The first-order valence-corrected chi connectivity index (χ1v) is 6.76. The number of esters is 1. The molecule has 8 heteroatoms. The third-order valence-corrected chi connectivity index (χ3v) is 3.43. The first-order valence-electron chi connectivity index (χ1n) is 5.96. The fourth-order valence-electron chi connectivity index (χ4n) is 1.96. The molecule has 20 heavy (non-hydrogen) atoms. The van der Waals surface area contributed by atoms with Crippen LogP contribution in [0.3, 0.4) is 0 Å². The Morgan fingerprint density at radius 1 is 1.50 bits per heavy atom. The first-order chi connectivity index (χ1) is 9.58. The molecule has 0 aliphatic heterocycles. The van der Waals surface area contributed by atoms with Crippen LogP contribution >= 0.6 is 15.9 Å². The van der Waals surface area contributed by atoms with E-state index in [4.69, 9.17) is 0 Å². The van der Waals surface area contributed by atoms with Gasteiger partial charge in [0.25, 0.3) is 5.78 Å². The van der Waals surface area contributed by atoms with Crippen LogP contribution in [-0.2, 0) is 9.53 Å². The van der Waals surface area contributed by atoms with Crippen molar-refractivity contribution in [2.24, 2.45) is 0 Å². The van der Waals surface area contributed by atoms with Crippen LogP contribution in [0.25, 0.3) is 16.8 Å². The smallest absolute Gasteiger partial charge is 0.328 e. The van der Waals surface area contributed by atoms with Gasteiger partial charge < -0.3 is 10.1 Å². The standard InChI is InChI=1S/C12H12BrN5O2/c1-6(10(19)20-2)14-11-16-12-15-8-5-7(13)3-4-9(8)18(12)17-11/h3-6H,1-2H3,(H2,14,15,16,17). The zero-order valence-electron chi connectivity index (χ0n) is 10.8. The van der Waals surface area contributed by atoms with Crippen molar-refractivity contribution in [3.63, 3.8) is 0 Å². The highest BCUT2D eigenvalue weighted by molar-refractivity contribution is 9.10. The lowest BCUT2D eigenvalue weighted by atomic mass is 10.3. The van der Waals surface area contributed by atoms with E-state index in [9.17, 15) is 4.79 Å². The average Bonchev–Trinajstić information content (AvgIpc) is 2.93. The summed E-state index contributed by atoms with van der Waals surface area (Å²) in [5.74, 6) is 0.653. The summed E-state index contributed by atoms with van der Waals surface area (Å²) >= 11 is 3.41. The molecule has 0 aliphatic rings. The van der Waals surface area contributed by atoms with E-state index in [1.54, 1.807) is 11.4 Å². The number of rotatable bonds is 3. The van der Waals surface area contributed by atoms with Gasteiger partial charge in [-0.25, -0.2) is 14.3 Å². The number of nitrogens with one attached hydrogen (secondary N) is 2. The van der Waals surface area contributed by atoms with Crippen LogP contribution in [-0.4, -0.2) is 38.7 Å². The number of carbonyl (C=O) groups excluding carboxylic acids is 1. The number of anilines is 1. The number of aromatic amines is 1. The minimum absolute atomic E-state index is 0.354. The van der Waals surface area contributed by atoms with E-state index < -0.39 is 6.04 Å². The van der Waals surface area contributed by atoms with Crippen molar-refractivity contribution in [1.82, 2.24) is 19.6 Å². The molecule has 0 fully saturated rings. The predicted octanol–water partition coefficient (Wildman–Crippen LogP) is 1.95. The molecule has 2 aromatic heterocycles. The van der Waals surface area contributed by atoms with Crippen molar-refractivity contribution in [2.75, 3.05) is 12.4 Å². The zero-order chi connectivity index (χ0) is 14.3. The molecular weight excluding hydrogens is 326 g/mol. The molecule has 7 nitrogen and oxygen atoms in total. The molecule has 0 saturated heterocycles. The third-order valence-electron chi connectivity index (χ3n) is 2.94. The second kappa shape index (κ2) is 4.78. The van der Waals surface area contributed by atoms with E-state index in [0.717, 1.165) is 15.5 Å². The number of methoxy groups -OCH3 is 1. The topological polar surface area (TPSA) is 84.3 Å². The zero-order valence-corrected chi connectivity index (χ0v) is 12.4. The largest absolute Gasteiger partial charge is 0.467 e. The summed E-state index contributed by atoms with van der Waals surface area (Å²) < 4.78 is 7.37. The molecule has 0 bridgehead atoms. The summed E-state index contributed by atoms with van der Waals surface area (Å²) in [7, 11) is 1.35. The molecule has 0 saturated carbocycles. The minimum atomic E-state index is -0.490. The maximum absolute atomic E-state index is 11.4. The molecular formula is C12H12BrN5O2. The van der Waals surface area contributed by atoms with Gasteiger partial charge in [0.1, 0.15) is 6.04 Å². The van der Waals surface area contributed by atoms with Crippen LogP contribution in [0.15, 0.2) is 22.7 Å². The number of hydrogen-bond acceptors (Lipinski definition) is 5. The highest BCUT2D eigenvalue weighted by Gasteiger charge is 2.16. The van der Waals surface area contributed by atoms with Crippen molar-refractivity contribution in [2.45, 2.75) is 13.0 Å². The summed E-state index contributed by atoms with van der Waals surface area (Å²) in [4.78, 5) is 20.1. The molecule has 3 rings (SSSR count). The van der Waals surface area contributed by atoms with E-state index >= 15 is 0 Å². The van der Waals surface area contributed by atoms with Crippen molar-refractivity contribution in [3.8, 4) is 0 Å². The predicted molar refractivity (Wildman–Crippen MR) is 77.6 cm³/mol. The second-order valence-electron chi connectivity index (χ2n) is 4.34. The number of ether oxygens (including phenoxy) is 1. The molecule has 1 unspecified atom stereocenters. The molecule has 0 spiro atoms. The van der Waals surface area contributed by atoms with Crippen molar-refractivity contribution in [3.05, 3.63) is 22.7 Å². The van der Waals surface area contributed by atoms with E-state index in [2.05, 4.69) is 41.1 Å². The Kier molecular flexibility index (Phi) is 3.09. The lowest BCUT2D eigenvalue weighted by molar-refractivity contribution is -0.141. The normalized spacial score (nSPS) is 12.8. The van der Waals surface area contributed by atoms with Gasteiger partial charge in [0.15, 0.2) is 0 Å².